The number of ether oxygens (including phenoxy) is 1. The summed E-state index contributed by atoms with van der Waals surface area (Å²) in [5, 5.41) is 3.31. The third-order valence-corrected chi connectivity index (χ3v) is 3.93. The Kier molecular flexibility index (Phi) is 4.80. The summed E-state index contributed by atoms with van der Waals surface area (Å²) >= 11 is 0. The smallest absolute Gasteiger partial charge is 0.222 e. The predicted octanol–water partition coefficient (Wildman–Crippen LogP) is 1.01. The molecule has 0 radical (unpaired) electrons. The van der Waals surface area contributed by atoms with Gasteiger partial charge in [-0.2, -0.15) is 0 Å². The molecule has 17 heavy (non-hydrogen) atoms. The van der Waals surface area contributed by atoms with Gasteiger partial charge in [0.05, 0.1) is 0 Å². The molecule has 0 unspecified atom stereocenters. The van der Waals surface area contributed by atoms with E-state index < -0.39 is 0 Å². The summed E-state index contributed by atoms with van der Waals surface area (Å²) in [6.45, 7) is 6.62. The molecule has 0 aromatic rings. The highest BCUT2D eigenvalue weighted by Gasteiger charge is 2.23. The molecule has 1 atom stereocenters. The first kappa shape index (κ1) is 12.8. The SMILES string of the molecule is C[C@@H]1CNCCN1C(=O)CCC1CCOCC1. The summed E-state index contributed by atoms with van der Waals surface area (Å²) in [5.41, 5.74) is 0. The van der Waals surface area contributed by atoms with Gasteiger partial charge >= 0.3 is 0 Å². The minimum absolute atomic E-state index is 0.338. The third kappa shape index (κ3) is 3.68. The number of hydrogen-bond acceptors (Lipinski definition) is 3. The first-order valence-electron chi connectivity index (χ1n) is 6.85. The van der Waals surface area contributed by atoms with Gasteiger partial charge < -0.3 is 15.0 Å². The number of piperazine rings is 1. The van der Waals surface area contributed by atoms with Gasteiger partial charge in [-0.05, 0) is 32.1 Å². The fourth-order valence-corrected chi connectivity index (χ4v) is 2.72. The van der Waals surface area contributed by atoms with E-state index >= 15 is 0 Å². The van der Waals surface area contributed by atoms with Crippen LogP contribution in [0.4, 0.5) is 0 Å². The van der Waals surface area contributed by atoms with Crippen molar-refractivity contribution in [2.75, 3.05) is 32.8 Å². The van der Waals surface area contributed by atoms with E-state index in [1.54, 1.807) is 0 Å². The molecule has 1 amide bonds. The van der Waals surface area contributed by atoms with Gasteiger partial charge in [-0.25, -0.2) is 0 Å². The van der Waals surface area contributed by atoms with Crippen LogP contribution in [-0.2, 0) is 9.53 Å². The summed E-state index contributed by atoms with van der Waals surface area (Å²) in [5.74, 6) is 1.04. The van der Waals surface area contributed by atoms with Crippen LogP contribution in [-0.4, -0.2) is 49.7 Å². The lowest BCUT2D eigenvalue weighted by atomic mass is 9.94. The second-order valence-electron chi connectivity index (χ2n) is 5.23. The minimum Gasteiger partial charge on any atom is -0.381 e. The van der Waals surface area contributed by atoms with E-state index in [1.165, 1.54) is 0 Å². The van der Waals surface area contributed by atoms with Crippen LogP contribution in [0.25, 0.3) is 0 Å². The van der Waals surface area contributed by atoms with Crippen molar-refractivity contribution >= 4 is 5.91 Å². The molecule has 4 nitrogen and oxygen atoms in total. The highest BCUT2D eigenvalue weighted by Crippen LogP contribution is 2.20. The molecule has 2 fully saturated rings. The number of carbonyl (C=O) groups excluding carboxylic acids is 1. The van der Waals surface area contributed by atoms with E-state index in [0.29, 0.717) is 17.9 Å². The Balaban J connectivity index is 1.72. The monoisotopic (exact) mass is 240 g/mol. The summed E-state index contributed by atoms with van der Waals surface area (Å²) in [7, 11) is 0. The van der Waals surface area contributed by atoms with Gasteiger partial charge in [-0.1, -0.05) is 0 Å². The molecular weight excluding hydrogens is 216 g/mol. The maximum absolute atomic E-state index is 12.1. The Morgan fingerprint density at radius 2 is 2.18 bits per heavy atom. The van der Waals surface area contributed by atoms with E-state index in [4.69, 9.17) is 4.74 Å². The number of carbonyl (C=O) groups is 1. The van der Waals surface area contributed by atoms with Gasteiger partial charge in [0.25, 0.3) is 0 Å². The van der Waals surface area contributed by atoms with Crippen molar-refractivity contribution in [2.45, 2.75) is 38.6 Å². The molecule has 2 rings (SSSR count). The average molecular weight is 240 g/mol. The van der Waals surface area contributed by atoms with Gasteiger partial charge in [0.15, 0.2) is 0 Å². The van der Waals surface area contributed by atoms with Gasteiger partial charge in [-0.3, -0.25) is 4.79 Å². The molecule has 2 aliphatic heterocycles. The van der Waals surface area contributed by atoms with Crippen LogP contribution in [0.2, 0.25) is 0 Å². The first-order valence-corrected chi connectivity index (χ1v) is 6.85. The zero-order valence-corrected chi connectivity index (χ0v) is 10.8. The standard InChI is InChI=1S/C13H24N2O2/c1-11-10-14-6-7-15(11)13(16)3-2-12-4-8-17-9-5-12/h11-12,14H,2-10H2,1H3/t11-/m1/s1. The Morgan fingerprint density at radius 1 is 1.41 bits per heavy atom. The number of nitrogens with zero attached hydrogens (tertiary/aromatic N) is 1. The zero-order valence-electron chi connectivity index (χ0n) is 10.8. The Labute approximate surface area is 104 Å². The Hall–Kier alpha value is -0.610. The molecule has 4 heteroatoms. The van der Waals surface area contributed by atoms with Crippen LogP contribution in [0, 0.1) is 5.92 Å². The molecule has 0 saturated carbocycles. The van der Waals surface area contributed by atoms with Crippen molar-refractivity contribution in [1.29, 1.82) is 0 Å². The topological polar surface area (TPSA) is 41.6 Å². The molecule has 0 aliphatic carbocycles. The summed E-state index contributed by atoms with van der Waals surface area (Å²) < 4.78 is 5.34. The van der Waals surface area contributed by atoms with Crippen molar-refractivity contribution in [2.24, 2.45) is 5.92 Å². The molecule has 0 bridgehead atoms. The van der Waals surface area contributed by atoms with Crippen molar-refractivity contribution in [1.82, 2.24) is 10.2 Å². The van der Waals surface area contributed by atoms with Crippen molar-refractivity contribution in [3.63, 3.8) is 0 Å². The summed E-state index contributed by atoms with van der Waals surface area (Å²) in [6.07, 6.45) is 4.02. The number of nitrogens with one attached hydrogen (secondary N) is 1. The van der Waals surface area contributed by atoms with Gasteiger partial charge in [0, 0.05) is 45.3 Å². The molecule has 1 N–H and O–H groups in total. The van der Waals surface area contributed by atoms with E-state index in [0.717, 1.165) is 58.5 Å². The van der Waals surface area contributed by atoms with E-state index in [1.807, 2.05) is 4.90 Å². The van der Waals surface area contributed by atoms with E-state index in [-0.39, 0.29) is 0 Å². The Bertz CT molecular complexity index is 252. The highest BCUT2D eigenvalue weighted by molar-refractivity contribution is 5.76. The lowest BCUT2D eigenvalue weighted by Gasteiger charge is -2.34. The molecule has 0 spiro atoms. The molecule has 2 heterocycles. The first-order chi connectivity index (χ1) is 8.27. The fraction of sp³-hybridized carbons (Fsp3) is 0.923. The number of hydrogen-bond donors (Lipinski definition) is 1. The van der Waals surface area contributed by atoms with Gasteiger partial charge in [-0.15, -0.1) is 0 Å². The van der Waals surface area contributed by atoms with Crippen LogP contribution >= 0.6 is 0 Å². The maximum Gasteiger partial charge on any atom is 0.222 e. The molecular formula is C13H24N2O2. The molecule has 2 saturated heterocycles. The third-order valence-electron chi connectivity index (χ3n) is 3.93. The van der Waals surface area contributed by atoms with Crippen LogP contribution < -0.4 is 5.32 Å². The largest absolute Gasteiger partial charge is 0.381 e. The quantitative estimate of drug-likeness (QED) is 0.800. The predicted molar refractivity (Wildman–Crippen MR) is 66.8 cm³/mol. The average Bonchev–Trinajstić information content (AvgIpc) is 2.38. The normalized spacial score (nSPS) is 27.1. The second-order valence-corrected chi connectivity index (χ2v) is 5.23. The summed E-state index contributed by atoms with van der Waals surface area (Å²) in [6, 6.07) is 0.353. The van der Waals surface area contributed by atoms with Crippen molar-refractivity contribution < 1.29 is 9.53 Å². The molecule has 0 aromatic heterocycles. The highest BCUT2D eigenvalue weighted by atomic mass is 16.5. The maximum atomic E-state index is 12.1. The van der Waals surface area contributed by atoms with Crippen molar-refractivity contribution in [3.05, 3.63) is 0 Å². The van der Waals surface area contributed by atoms with E-state index in [2.05, 4.69) is 12.2 Å². The van der Waals surface area contributed by atoms with Crippen LogP contribution in [0.15, 0.2) is 0 Å². The minimum atomic E-state index is 0.338. The van der Waals surface area contributed by atoms with Crippen molar-refractivity contribution in [3.8, 4) is 0 Å². The lowest BCUT2D eigenvalue weighted by molar-refractivity contribution is -0.134. The lowest BCUT2D eigenvalue weighted by Crippen LogP contribution is -2.52. The van der Waals surface area contributed by atoms with Gasteiger partial charge in [0.2, 0.25) is 5.91 Å². The van der Waals surface area contributed by atoms with E-state index in [9.17, 15) is 4.79 Å². The zero-order chi connectivity index (χ0) is 12.1. The summed E-state index contributed by atoms with van der Waals surface area (Å²) in [4.78, 5) is 14.2. The number of amides is 1. The Morgan fingerprint density at radius 3 is 2.88 bits per heavy atom. The second kappa shape index (κ2) is 6.36. The fourth-order valence-electron chi connectivity index (χ4n) is 2.72. The molecule has 0 aromatic carbocycles. The molecule has 2 aliphatic rings. The number of rotatable bonds is 3. The van der Waals surface area contributed by atoms with Crippen LogP contribution in [0.3, 0.4) is 0 Å². The van der Waals surface area contributed by atoms with Crippen LogP contribution in [0.5, 0.6) is 0 Å². The van der Waals surface area contributed by atoms with Gasteiger partial charge in [0.1, 0.15) is 0 Å². The molecule has 98 valence electrons. The van der Waals surface area contributed by atoms with Crippen LogP contribution in [0.1, 0.15) is 32.6 Å².